The molecule has 1 aliphatic rings. The summed E-state index contributed by atoms with van der Waals surface area (Å²) in [5.41, 5.74) is 1.92. The summed E-state index contributed by atoms with van der Waals surface area (Å²) in [4.78, 5) is 23.3. The number of nitro benzene ring substituents is 1. The monoisotopic (exact) mass is 446 g/mol. The molecule has 31 heavy (non-hydrogen) atoms. The van der Waals surface area contributed by atoms with Gasteiger partial charge in [-0.05, 0) is 49.9 Å². The Labute approximate surface area is 181 Å². The molecule has 0 aromatic heterocycles. The number of hydrogen-bond acceptors (Lipinski definition) is 6. The summed E-state index contributed by atoms with van der Waals surface area (Å²) in [7, 11) is -3.41. The molecular weight excluding hydrogens is 420 g/mol. The largest absolute Gasteiger partial charge is 0.377 e. The molecule has 1 amide bonds. The summed E-state index contributed by atoms with van der Waals surface area (Å²) in [6.07, 6.45) is 1.97. The molecular formula is C21H26N4O5S. The number of carbonyl (C=O) groups excluding carboxylic acids is 1. The maximum Gasteiger partial charge on any atom is 0.293 e. The van der Waals surface area contributed by atoms with Crippen molar-refractivity contribution in [3.05, 3.63) is 69.3 Å². The molecule has 1 fully saturated rings. The number of carbonyl (C=O) groups is 1. The number of nitrogens with zero attached hydrogens (tertiary/aromatic N) is 1. The van der Waals surface area contributed by atoms with E-state index < -0.39 is 20.9 Å². The molecule has 0 unspecified atom stereocenters. The predicted molar refractivity (Wildman–Crippen MR) is 118 cm³/mol. The van der Waals surface area contributed by atoms with Gasteiger partial charge in [-0.3, -0.25) is 14.9 Å². The molecule has 3 N–H and O–H groups in total. The van der Waals surface area contributed by atoms with Crippen LogP contribution in [0, 0.1) is 10.1 Å². The number of anilines is 1. The summed E-state index contributed by atoms with van der Waals surface area (Å²) in [5.74, 6) is -0.545. The van der Waals surface area contributed by atoms with Crippen molar-refractivity contribution in [1.82, 2.24) is 10.0 Å². The minimum atomic E-state index is -3.41. The lowest BCUT2D eigenvalue weighted by Gasteiger charge is -2.10. The maximum atomic E-state index is 12.5. The van der Waals surface area contributed by atoms with Crippen LogP contribution in [0.1, 0.15) is 48.2 Å². The number of nitro groups is 1. The Hall–Kier alpha value is -2.98. The lowest BCUT2D eigenvalue weighted by Crippen LogP contribution is -2.31. The number of nitrogens with one attached hydrogen (secondary N) is 3. The molecule has 3 rings (SSSR count). The highest BCUT2D eigenvalue weighted by Gasteiger charge is 2.25. The normalized spacial score (nSPS) is 13.8. The highest BCUT2D eigenvalue weighted by molar-refractivity contribution is 7.88. The van der Waals surface area contributed by atoms with Crippen LogP contribution in [0.2, 0.25) is 0 Å². The van der Waals surface area contributed by atoms with Gasteiger partial charge >= 0.3 is 0 Å². The van der Waals surface area contributed by atoms with Crippen LogP contribution in [0.5, 0.6) is 0 Å². The van der Waals surface area contributed by atoms with E-state index in [9.17, 15) is 23.3 Å². The van der Waals surface area contributed by atoms with Gasteiger partial charge in [0.1, 0.15) is 5.69 Å². The molecule has 0 bridgehead atoms. The van der Waals surface area contributed by atoms with E-state index >= 15 is 0 Å². The Bertz CT molecular complexity index is 1060. The van der Waals surface area contributed by atoms with Gasteiger partial charge in [0.05, 0.1) is 10.7 Å². The van der Waals surface area contributed by atoms with E-state index in [-0.39, 0.29) is 35.6 Å². The minimum absolute atomic E-state index is 0.122. The number of rotatable bonds is 10. The number of benzene rings is 2. The van der Waals surface area contributed by atoms with E-state index in [1.165, 1.54) is 6.07 Å². The first-order valence-electron chi connectivity index (χ1n) is 10.0. The van der Waals surface area contributed by atoms with Crippen LogP contribution < -0.4 is 15.4 Å². The smallest absolute Gasteiger partial charge is 0.293 e. The zero-order valence-corrected chi connectivity index (χ0v) is 18.2. The fraction of sp³-hybridized carbons (Fsp3) is 0.381. The lowest BCUT2D eigenvalue weighted by atomic mass is 10.1. The topological polar surface area (TPSA) is 130 Å². The third-order valence-electron chi connectivity index (χ3n) is 4.64. The second-order valence-electron chi connectivity index (χ2n) is 7.94. The standard InChI is InChI=1S/C21H26N4O5S/c1-14(2)24-31(29,30)13-16-5-3-15(4-6-16)12-22-21(26)17-7-10-19(23-18-8-9-18)20(11-17)25(27)28/h3-7,10-11,14,18,23-24H,8-9,12-13H2,1-2H3,(H,22,26). The molecule has 10 heteroatoms. The van der Waals surface area contributed by atoms with Crippen LogP contribution >= 0.6 is 0 Å². The van der Waals surface area contributed by atoms with Crippen LogP contribution in [-0.2, 0) is 22.3 Å². The first-order valence-corrected chi connectivity index (χ1v) is 11.7. The molecule has 2 aromatic rings. The Balaban J connectivity index is 1.60. The second kappa shape index (κ2) is 9.44. The van der Waals surface area contributed by atoms with Crippen molar-refractivity contribution in [1.29, 1.82) is 0 Å². The molecule has 0 heterocycles. The average molecular weight is 447 g/mol. The highest BCUT2D eigenvalue weighted by Crippen LogP contribution is 2.31. The minimum Gasteiger partial charge on any atom is -0.377 e. The zero-order valence-electron chi connectivity index (χ0n) is 17.4. The predicted octanol–water partition coefficient (Wildman–Crippen LogP) is 2.93. The van der Waals surface area contributed by atoms with Crippen molar-refractivity contribution in [3.63, 3.8) is 0 Å². The van der Waals surface area contributed by atoms with E-state index in [2.05, 4.69) is 15.4 Å². The van der Waals surface area contributed by atoms with Crippen molar-refractivity contribution in [2.24, 2.45) is 0 Å². The molecule has 1 saturated carbocycles. The van der Waals surface area contributed by atoms with Crippen LogP contribution in [0.3, 0.4) is 0 Å². The third kappa shape index (κ3) is 6.76. The van der Waals surface area contributed by atoms with Gasteiger partial charge in [0.15, 0.2) is 0 Å². The second-order valence-corrected chi connectivity index (χ2v) is 9.69. The SMILES string of the molecule is CC(C)NS(=O)(=O)Cc1ccc(CNC(=O)c2ccc(NC3CC3)c([N+](=O)[O-])c2)cc1. The average Bonchev–Trinajstić information content (AvgIpc) is 3.50. The molecule has 1 aliphatic carbocycles. The fourth-order valence-electron chi connectivity index (χ4n) is 3.05. The summed E-state index contributed by atoms with van der Waals surface area (Å²) >= 11 is 0. The fourth-order valence-corrected chi connectivity index (χ4v) is 4.48. The lowest BCUT2D eigenvalue weighted by molar-refractivity contribution is -0.384. The highest BCUT2D eigenvalue weighted by atomic mass is 32.2. The molecule has 0 saturated heterocycles. The molecule has 166 valence electrons. The quantitative estimate of drug-likeness (QED) is 0.380. The maximum absolute atomic E-state index is 12.5. The van der Waals surface area contributed by atoms with E-state index in [4.69, 9.17) is 0 Å². The van der Waals surface area contributed by atoms with Gasteiger partial charge in [0.25, 0.3) is 11.6 Å². The van der Waals surface area contributed by atoms with Crippen molar-refractivity contribution in [3.8, 4) is 0 Å². The van der Waals surface area contributed by atoms with Crippen LogP contribution in [-0.4, -0.2) is 31.3 Å². The van der Waals surface area contributed by atoms with E-state index in [0.29, 0.717) is 11.3 Å². The van der Waals surface area contributed by atoms with Gasteiger partial charge in [0.2, 0.25) is 10.0 Å². The van der Waals surface area contributed by atoms with Crippen molar-refractivity contribution in [2.75, 3.05) is 5.32 Å². The van der Waals surface area contributed by atoms with Crippen LogP contribution in [0.25, 0.3) is 0 Å². The van der Waals surface area contributed by atoms with E-state index in [1.807, 2.05) is 0 Å². The molecule has 2 aromatic carbocycles. The summed E-state index contributed by atoms with van der Waals surface area (Å²) in [6.45, 7) is 3.73. The number of sulfonamides is 1. The summed E-state index contributed by atoms with van der Waals surface area (Å²) < 4.78 is 26.6. The van der Waals surface area contributed by atoms with Gasteiger partial charge in [-0.15, -0.1) is 0 Å². The van der Waals surface area contributed by atoms with Crippen molar-refractivity contribution >= 4 is 27.3 Å². The van der Waals surface area contributed by atoms with E-state index in [1.54, 1.807) is 50.2 Å². The Morgan fingerprint density at radius 2 is 1.77 bits per heavy atom. The third-order valence-corrected chi connectivity index (χ3v) is 6.19. The van der Waals surface area contributed by atoms with Crippen molar-refractivity contribution < 1.29 is 18.1 Å². The van der Waals surface area contributed by atoms with Crippen molar-refractivity contribution in [2.45, 2.75) is 51.1 Å². The van der Waals surface area contributed by atoms with Gasteiger partial charge in [0, 0.05) is 30.3 Å². The molecule has 0 atom stereocenters. The van der Waals surface area contributed by atoms with Crippen LogP contribution in [0.15, 0.2) is 42.5 Å². The number of amides is 1. The van der Waals surface area contributed by atoms with Gasteiger partial charge in [-0.25, -0.2) is 13.1 Å². The van der Waals surface area contributed by atoms with Gasteiger partial charge in [-0.1, -0.05) is 24.3 Å². The first kappa shape index (κ1) is 22.7. The molecule has 0 spiro atoms. The van der Waals surface area contributed by atoms with Gasteiger partial charge in [-0.2, -0.15) is 0 Å². The van der Waals surface area contributed by atoms with Gasteiger partial charge < -0.3 is 10.6 Å². The summed E-state index contributed by atoms with van der Waals surface area (Å²) in [5, 5.41) is 17.2. The Kier molecular flexibility index (Phi) is 6.91. The Morgan fingerprint density at radius 3 is 2.35 bits per heavy atom. The first-order chi connectivity index (χ1) is 14.6. The molecule has 0 aliphatic heterocycles. The number of hydrogen-bond donors (Lipinski definition) is 3. The Morgan fingerprint density at radius 1 is 1.13 bits per heavy atom. The van der Waals surface area contributed by atoms with Crippen LogP contribution in [0.4, 0.5) is 11.4 Å². The zero-order chi connectivity index (χ0) is 22.6. The molecule has 0 radical (unpaired) electrons. The van der Waals surface area contributed by atoms with E-state index in [0.717, 1.165) is 18.4 Å². The molecule has 9 nitrogen and oxygen atoms in total. The summed E-state index contributed by atoms with van der Waals surface area (Å²) in [6, 6.07) is 11.4.